The number of pyridine rings is 1. The first-order valence-electron chi connectivity index (χ1n) is 4.92. The predicted octanol–water partition coefficient (Wildman–Crippen LogP) is 1.37. The van der Waals surface area contributed by atoms with Crippen LogP contribution in [-0.2, 0) is 14.9 Å². The number of halogens is 1. The molecule has 1 rings (SSSR count). The van der Waals surface area contributed by atoms with Crippen LogP contribution in [0.15, 0.2) is 10.9 Å². The molecule has 1 heterocycles. The van der Waals surface area contributed by atoms with Gasteiger partial charge in [0.25, 0.3) is 0 Å². The SMILES string of the molecule is COC(C)=O.COc1cc(CBr)[nH]c(=O)c1[N+](=O)[O-]. The van der Waals surface area contributed by atoms with Gasteiger partial charge in [0.05, 0.1) is 19.1 Å². The zero-order chi connectivity index (χ0) is 15.0. The van der Waals surface area contributed by atoms with Crippen LogP contribution in [0.4, 0.5) is 5.69 Å². The van der Waals surface area contributed by atoms with Crippen molar-refractivity contribution in [3.63, 3.8) is 0 Å². The Hall–Kier alpha value is -1.90. The second-order valence-electron chi connectivity index (χ2n) is 3.13. The largest absolute Gasteiger partial charge is 0.490 e. The first-order valence-corrected chi connectivity index (χ1v) is 6.04. The highest BCUT2D eigenvalue weighted by Crippen LogP contribution is 2.22. The normalized spacial score (nSPS) is 9.05. The quantitative estimate of drug-likeness (QED) is 0.386. The Labute approximate surface area is 117 Å². The highest BCUT2D eigenvalue weighted by Gasteiger charge is 2.20. The predicted molar refractivity (Wildman–Crippen MR) is 70.6 cm³/mol. The molecule has 0 spiro atoms. The van der Waals surface area contributed by atoms with Crippen molar-refractivity contribution in [1.82, 2.24) is 4.98 Å². The van der Waals surface area contributed by atoms with Crippen molar-refractivity contribution in [3.05, 3.63) is 32.2 Å². The number of nitrogens with one attached hydrogen (secondary N) is 1. The number of hydrogen-bond donors (Lipinski definition) is 1. The molecule has 0 saturated carbocycles. The summed E-state index contributed by atoms with van der Waals surface area (Å²) >= 11 is 3.12. The van der Waals surface area contributed by atoms with Crippen molar-refractivity contribution in [2.75, 3.05) is 14.2 Å². The van der Waals surface area contributed by atoms with Crippen molar-refractivity contribution in [1.29, 1.82) is 0 Å². The van der Waals surface area contributed by atoms with Gasteiger partial charge in [0, 0.05) is 24.0 Å². The Morgan fingerprint density at radius 2 is 2.05 bits per heavy atom. The van der Waals surface area contributed by atoms with E-state index in [1.165, 1.54) is 27.2 Å². The second kappa shape index (κ2) is 8.25. The number of methoxy groups -OCH3 is 2. The van der Waals surface area contributed by atoms with Gasteiger partial charge in [0.1, 0.15) is 0 Å². The summed E-state index contributed by atoms with van der Waals surface area (Å²) in [7, 11) is 2.63. The van der Waals surface area contributed by atoms with Gasteiger partial charge in [-0.25, -0.2) is 0 Å². The zero-order valence-electron chi connectivity index (χ0n) is 10.6. The van der Waals surface area contributed by atoms with Gasteiger partial charge in [-0.15, -0.1) is 0 Å². The molecule has 8 nitrogen and oxygen atoms in total. The molecule has 0 aromatic carbocycles. The smallest absolute Gasteiger partial charge is 0.375 e. The van der Waals surface area contributed by atoms with E-state index in [0.717, 1.165) is 0 Å². The molecule has 0 aliphatic rings. The second-order valence-corrected chi connectivity index (χ2v) is 3.69. The Kier molecular flexibility index (Phi) is 7.42. The van der Waals surface area contributed by atoms with Crippen LogP contribution in [0.25, 0.3) is 0 Å². The average Bonchev–Trinajstić information content (AvgIpc) is 2.37. The molecule has 0 radical (unpaired) electrons. The maximum absolute atomic E-state index is 11.2. The molecule has 0 fully saturated rings. The minimum absolute atomic E-state index is 0.0341. The summed E-state index contributed by atoms with van der Waals surface area (Å²) in [5.41, 5.74) is -0.807. The van der Waals surface area contributed by atoms with Gasteiger partial charge in [-0.2, -0.15) is 0 Å². The van der Waals surface area contributed by atoms with Crippen molar-refractivity contribution in [2.45, 2.75) is 12.3 Å². The molecular weight excluding hydrogens is 324 g/mol. The molecule has 1 aromatic heterocycles. The van der Waals surface area contributed by atoms with E-state index >= 15 is 0 Å². The van der Waals surface area contributed by atoms with Crippen LogP contribution in [0, 0.1) is 10.1 Å². The van der Waals surface area contributed by atoms with Gasteiger partial charge >= 0.3 is 17.2 Å². The van der Waals surface area contributed by atoms with Gasteiger partial charge in [-0.3, -0.25) is 19.7 Å². The summed E-state index contributed by atoms with van der Waals surface area (Å²) in [6, 6.07) is 1.41. The Balaban J connectivity index is 0.000000555. The number of H-pyrrole nitrogens is 1. The van der Waals surface area contributed by atoms with E-state index in [2.05, 4.69) is 25.7 Å². The lowest BCUT2D eigenvalue weighted by atomic mass is 10.3. The third-order valence-corrected chi connectivity index (χ3v) is 2.47. The Morgan fingerprint density at radius 3 is 2.37 bits per heavy atom. The number of rotatable bonds is 3. The number of nitro groups is 1. The molecule has 9 heteroatoms. The molecule has 106 valence electrons. The molecule has 0 amide bonds. The van der Waals surface area contributed by atoms with E-state index in [-0.39, 0.29) is 11.7 Å². The van der Waals surface area contributed by atoms with Gasteiger partial charge in [0.2, 0.25) is 5.75 Å². The van der Waals surface area contributed by atoms with Crippen molar-refractivity contribution < 1.29 is 19.2 Å². The summed E-state index contributed by atoms with van der Waals surface area (Å²) in [5.74, 6) is -0.279. The van der Waals surface area contributed by atoms with Crippen LogP contribution in [0.5, 0.6) is 5.75 Å². The number of hydrogen-bond acceptors (Lipinski definition) is 6. The minimum atomic E-state index is -0.768. The molecule has 0 aliphatic heterocycles. The fourth-order valence-electron chi connectivity index (χ4n) is 0.980. The summed E-state index contributed by atoms with van der Waals surface area (Å²) in [6.45, 7) is 1.36. The molecule has 1 N–H and O–H groups in total. The third kappa shape index (κ3) is 5.51. The number of nitrogens with zero attached hydrogens (tertiary/aromatic N) is 1. The molecule has 1 aromatic rings. The fourth-order valence-corrected chi connectivity index (χ4v) is 1.28. The van der Waals surface area contributed by atoms with Crippen LogP contribution in [0.1, 0.15) is 12.6 Å². The number of esters is 1. The number of carbonyl (C=O) groups excluding carboxylic acids is 1. The highest BCUT2D eigenvalue weighted by atomic mass is 79.9. The summed E-state index contributed by atoms with van der Waals surface area (Å²) in [6.07, 6.45) is 0. The lowest BCUT2D eigenvalue weighted by molar-refractivity contribution is -0.387. The first kappa shape index (κ1) is 17.1. The molecule has 0 unspecified atom stereocenters. The summed E-state index contributed by atoms with van der Waals surface area (Å²) < 4.78 is 8.86. The monoisotopic (exact) mass is 336 g/mol. The average molecular weight is 337 g/mol. The molecular formula is C10H13BrN2O6. The van der Waals surface area contributed by atoms with Crippen LogP contribution in [0.2, 0.25) is 0 Å². The van der Waals surface area contributed by atoms with Crippen molar-refractivity contribution in [2.24, 2.45) is 0 Å². The number of aromatic amines is 1. The number of alkyl halides is 1. The maximum Gasteiger partial charge on any atom is 0.375 e. The highest BCUT2D eigenvalue weighted by molar-refractivity contribution is 9.08. The van der Waals surface area contributed by atoms with Crippen LogP contribution < -0.4 is 10.3 Å². The van der Waals surface area contributed by atoms with E-state index in [1.807, 2.05) is 0 Å². The van der Waals surface area contributed by atoms with E-state index in [1.54, 1.807) is 0 Å². The van der Waals surface area contributed by atoms with Crippen molar-refractivity contribution in [3.8, 4) is 5.75 Å². The number of aromatic nitrogens is 1. The van der Waals surface area contributed by atoms with E-state index < -0.39 is 16.2 Å². The molecule has 0 bridgehead atoms. The number of carbonyl (C=O) groups is 1. The summed E-state index contributed by atoms with van der Waals surface area (Å²) in [5, 5.41) is 10.9. The summed E-state index contributed by atoms with van der Waals surface area (Å²) in [4.78, 5) is 32.9. The lowest BCUT2D eigenvalue weighted by Crippen LogP contribution is -2.14. The lowest BCUT2D eigenvalue weighted by Gasteiger charge is -2.02. The molecule has 0 atom stereocenters. The van der Waals surface area contributed by atoms with Gasteiger partial charge in [-0.05, 0) is 0 Å². The first-order chi connectivity index (χ1) is 8.87. The Morgan fingerprint density at radius 1 is 1.53 bits per heavy atom. The van der Waals surface area contributed by atoms with Crippen molar-refractivity contribution >= 4 is 27.6 Å². The fraction of sp³-hybridized carbons (Fsp3) is 0.400. The van der Waals surface area contributed by atoms with E-state index in [9.17, 15) is 19.7 Å². The van der Waals surface area contributed by atoms with Gasteiger partial charge < -0.3 is 14.5 Å². The number of ether oxygens (including phenoxy) is 2. The topological polar surface area (TPSA) is 112 Å². The third-order valence-electron chi connectivity index (χ3n) is 1.86. The minimum Gasteiger partial charge on any atom is -0.490 e. The molecule has 0 aliphatic carbocycles. The van der Waals surface area contributed by atoms with Gasteiger partial charge in [0.15, 0.2) is 0 Å². The standard InChI is InChI=1S/C7H7BrN2O4.C3H6O2/c1-14-5-2-4(3-8)9-7(11)6(5)10(12)13;1-3(4)5-2/h2H,3H2,1H3,(H,9,11);1-2H3. The maximum atomic E-state index is 11.2. The molecule has 0 saturated heterocycles. The molecule has 19 heavy (non-hydrogen) atoms. The Bertz CT molecular complexity index is 513. The van der Waals surface area contributed by atoms with E-state index in [4.69, 9.17) is 4.74 Å². The van der Waals surface area contributed by atoms with Crippen LogP contribution in [-0.4, -0.2) is 30.1 Å². The van der Waals surface area contributed by atoms with Crippen LogP contribution in [0.3, 0.4) is 0 Å². The van der Waals surface area contributed by atoms with E-state index in [0.29, 0.717) is 11.0 Å². The van der Waals surface area contributed by atoms with Gasteiger partial charge in [-0.1, -0.05) is 15.9 Å². The zero-order valence-corrected chi connectivity index (χ0v) is 12.1. The van der Waals surface area contributed by atoms with Crippen LogP contribution >= 0.6 is 15.9 Å².